The molecule has 0 radical (unpaired) electrons. The molecule has 144 valence electrons. The minimum absolute atomic E-state index is 0.293. The predicted molar refractivity (Wildman–Crippen MR) is 111 cm³/mol. The van der Waals surface area contributed by atoms with E-state index in [-0.39, 0.29) is 0 Å². The molecule has 2 heteroatoms. The molecule has 0 N–H and O–H groups in total. The standard InChI is InChI=1S/C24H36O2/c1-3-4-5-6-7-8-9-10-11-12-19-26-22-15-13-21(14-16-22)23-17-18-24(25)20(23)2/h13-16H,3-12,17-19H2,1-2H3. The van der Waals surface area contributed by atoms with Crippen LogP contribution in [0.25, 0.3) is 5.57 Å². The van der Waals surface area contributed by atoms with Crippen molar-refractivity contribution in [3.8, 4) is 5.75 Å². The fourth-order valence-electron chi connectivity index (χ4n) is 3.67. The Morgan fingerprint density at radius 1 is 0.808 bits per heavy atom. The van der Waals surface area contributed by atoms with E-state index in [2.05, 4.69) is 19.1 Å². The first kappa shape index (κ1) is 20.7. The maximum Gasteiger partial charge on any atom is 0.159 e. The van der Waals surface area contributed by atoms with Crippen molar-refractivity contribution in [3.05, 3.63) is 35.4 Å². The fourth-order valence-corrected chi connectivity index (χ4v) is 3.67. The van der Waals surface area contributed by atoms with Crippen molar-refractivity contribution < 1.29 is 9.53 Å². The maximum atomic E-state index is 11.7. The average Bonchev–Trinajstić information content (AvgIpc) is 2.99. The summed E-state index contributed by atoms with van der Waals surface area (Å²) in [5.41, 5.74) is 3.31. The monoisotopic (exact) mass is 356 g/mol. The van der Waals surface area contributed by atoms with Crippen LogP contribution in [0.3, 0.4) is 0 Å². The molecule has 0 spiro atoms. The van der Waals surface area contributed by atoms with E-state index in [0.29, 0.717) is 12.2 Å². The molecular formula is C24H36O2. The molecule has 1 aliphatic carbocycles. The van der Waals surface area contributed by atoms with Crippen LogP contribution in [0.2, 0.25) is 0 Å². The molecule has 1 aromatic carbocycles. The number of Topliss-reactive ketones (excluding diaryl/α,β-unsaturated/α-hetero) is 1. The van der Waals surface area contributed by atoms with Gasteiger partial charge in [0.05, 0.1) is 6.61 Å². The highest BCUT2D eigenvalue weighted by atomic mass is 16.5. The molecule has 1 aliphatic rings. The van der Waals surface area contributed by atoms with Crippen LogP contribution in [-0.2, 0) is 4.79 Å². The summed E-state index contributed by atoms with van der Waals surface area (Å²) in [6.07, 6.45) is 15.0. The highest BCUT2D eigenvalue weighted by molar-refractivity contribution is 6.06. The third-order valence-electron chi connectivity index (χ3n) is 5.44. The summed E-state index contributed by atoms with van der Waals surface area (Å²) in [5, 5.41) is 0. The number of ketones is 1. The molecule has 0 heterocycles. The van der Waals surface area contributed by atoms with Crippen molar-refractivity contribution in [2.75, 3.05) is 6.61 Å². The van der Waals surface area contributed by atoms with E-state index in [4.69, 9.17) is 4.74 Å². The van der Waals surface area contributed by atoms with Gasteiger partial charge >= 0.3 is 0 Å². The van der Waals surface area contributed by atoms with Crippen LogP contribution in [0.15, 0.2) is 29.8 Å². The molecule has 26 heavy (non-hydrogen) atoms. The number of carbonyl (C=O) groups is 1. The van der Waals surface area contributed by atoms with Crippen molar-refractivity contribution in [2.24, 2.45) is 0 Å². The van der Waals surface area contributed by atoms with Gasteiger partial charge in [0.25, 0.3) is 0 Å². The van der Waals surface area contributed by atoms with E-state index in [0.717, 1.165) is 30.8 Å². The van der Waals surface area contributed by atoms with Crippen LogP contribution in [-0.4, -0.2) is 12.4 Å². The molecule has 0 amide bonds. The topological polar surface area (TPSA) is 26.3 Å². The van der Waals surface area contributed by atoms with Crippen LogP contribution in [0.1, 0.15) is 96.5 Å². The zero-order valence-corrected chi connectivity index (χ0v) is 16.8. The summed E-state index contributed by atoms with van der Waals surface area (Å²) in [6.45, 7) is 5.02. The molecule has 2 nitrogen and oxygen atoms in total. The highest BCUT2D eigenvalue weighted by Crippen LogP contribution is 2.32. The smallest absolute Gasteiger partial charge is 0.159 e. The number of ether oxygens (including phenoxy) is 1. The SMILES string of the molecule is CCCCCCCCCCCCOc1ccc(C2=C(C)C(=O)CC2)cc1. The Kier molecular flexibility index (Phi) is 9.52. The summed E-state index contributed by atoms with van der Waals surface area (Å²) in [4.78, 5) is 11.7. The van der Waals surface area contributed by atoms with E-state index in [1.807, 2.05) is 19.1 Å². The third kappa shape index (κ3) is 6.97. The molecule has 2 rings (SSSR count). The summed E-state index contributed by atoms with van der Waals surface area (Å²) in [6, 6.07) is 8.25. The van der Waals surface area contributed by atoms with Crippen LogP contribution in [0.5, 0.6) is 5.75 Å². The summed E-state index contributed by atoms with van der Waals surface area (Å²) >= 11 is 0. The number of hydrogen-bond acceptors (Lipinski definition) is 2. The normalized spacial score (nSPS) is 14.3. The van der Waals surface area contributed by atoms with Crippen molar-refractivity contribution in [1.29, 1.82) is 0 Å². The minimum Gasteiger partial charge on any atom is -0.494 e. The van der Waals surface area contributed by atoms with Gasteiger partial charge in [-0.2, -0.15) is 0 Å². The Bertz CT molecular complexity index is 568. The molecular weight excluding hydrogens is 320 g/mol. The fraction of sp³-hybridized carbons (Fsp3) is 0.625. The first-order valence-electron chi connectivity index (χ1n) is 10.7. The lowest BCUT2D eigenvalue weighted by Crippen LogP contribution is -1.97. The second kappa shape index (κ2) is 11.9. The molecule has 0 aromatic heterocycles. The van der Waals surface area contributed by atoms with E-state index >= 15 is 0 Å². The lowest BCUT2D eigenvalue weighted by atomic mass is 10.0. The molecule has 0 saturated carbocycles. The Morgan fingerprint density at radius 3 is 1.92 bits per heavy atom. The van der Waals surface area contributed by atoms with Crippen LogP contribution in [0, 0.1) is 0 Å². The van der Waals surface area contributed by atoms with Crippen LogP contribution >= 0.6 is 0 Å². The number of benzene rings is 1. The lowest BCUT2D eigenvalue weighted by Gasteiger charge is -2.08. The molecule has 0 bridgehead atoms. The van der Waals surface area contributed by atoms with Gasteiger partial charge in [-0.05, 0) is 48.6 Å². The van der Waals surface area contributed by atoms with Crippen molar-refractivity contribution in [2.45, 2.75) is 90.9 Å². The Labute approximate surface area is 160 Å². The summed E-state index contributed by atoms with van der Waals surface area (Å²) in [5.74, 6) is 1.23. The summed E-state index contributed by atoms with van der Waals surface area (Å²) in [7, 11) is 0. The van der Waals surface area contributed by atoms with Crippen molar-refractivity contribution in [1.82, 2.24) is 0 Å². The number of carbonyl (C=O) groups excluding carboxylic acids is 1. The van der Waals surface area contributed by atoms with Crippen molar-refractivity contribution >= 4 is 11.4 Å². The zero-order chi connectivity index (χ0) is 18.6. The van der Waals surface area contributed by atoms with Gasteiger partial charge in [0, 0.05) is 6.42 Å². The zero-order valence-electron chi connectivity index (χ0n) is 16.8. The van der Waals surface area contributed by atoms with E-state index in [1.54, 1.807) is 0 Å². The predicted octanol–water partition coefficient (Wildman–Crippen LogP) is 7.12. The summed E-state index contributed by atoms with van der Waals surface area (Å²) < 4.78 is 5.86. The molecule has 1 aromatic rings. The van der Waals surface area contributed by atoms with Crippen LogP contribution < -0.4 is 4.74 Å². The first-order chi connectivity index (χ1) is 12.7. The van der Waals surface area contributed by atoms with Gasteiger partial charge in [0.1, 0.15) is 5.75 Å². The first-order valence-corrected chi connectivity index (χ1v) is 10.7. The number of unbranched alkanes of at least 4 members (excludes halogenated alkanes) is 9. The highest BCUT2D eigenvalue weighted by Gasteiger charge is 2.19. The number of allylic oxidation sites excluding steroid dienone is 2. The second-order valence-electron chi connectivity index (χ2n) is 7.58. The largest absolute Gasteiger partial charge is 0.494 e. The van der Waals surface area contributed by atoms with E-state index < -0.39 is 0 Å². The number of hydrogen-bond donors (Lipinski definition) is 0. The van der Waals surface area contributed by atoms with Gasteiger partial charge in [0.2, 0.25) is 0 Å². The Morgan fingerprint density at radius 2 is 1.38 bits per heavy atom. The number of rotatable bonds is 13. The molecule has 0 atom stereocenters. The van der Waals surface area contributed by atoms with Gasteiger partial charge in [0.15, 0.2) is 5.78 Å². The van der Waals surface area contributed by atoms with Gasteiger partial charge in [-0.1, -0.05) is 76.8 Å². The van der Waals surface area contributed by atoms with Crippen molar-refractivity contribution in [3.63, 3.8) is 0 Å². The maximum absolute atomic E-state index is 11.7. The molecule has 0 fully saturated rings. The van der Waals surface area contributed by atoms with Gasteiger partial charge in [-0.15, -0.1) is 0 Å². The van der Waals surface area contributed by atoms with E-state index in [1.165, 1.54) is 68.9 Å². The van der Waals surface area contributed by atoms with Gasteiger partial charge in [-0.25, -0.2) is 0 Å². The molecule has 0 saturated heterocycles. The quantitative estimate of drug-likeness (QED) is 0.352. The van der Waals surface area contributed by atoms with E-state index in [9.17, 15) is 4.79 Å². The molecule has 0 aliphatic heterocycles. The Balaban J connectivity index is 1.54. The Hall–Kier alpha value is -1.57. The average molecular weight is 357 g/mol. The minimum atomic E-state index is 0.293. The van der Waals surface area contributed by atoms with Gasteiger partial charge < -0.3 is 4.74 Å². The second-order valence-corrected chi connectivity index (χ2v) is 7.58. The third-order valence-corrected chi connectivity index (χ3v) is 5.44. The molecule has 0 unspecified atom stereocenters. The van der Waals surface area contributed by atoms with Gasteiger partial charge in [-0.3, -0.25) is 4.79 Å². The van der Waals surface area contributed by atoms with Crippen LogP contribution in [0.4, 0.5) is 0 Å². The lowest BCUT2D eigenvalue weighted by molar-refractivity contribution is -0.114.